The number of hydrogen-bond donors (Lipinski definition) is 2. The van der Waals surface area contributed by atoms with Crippen molar-refractivity contribution in [3.63, 3.8) is 0 Å². The molecule has 37 heavy (non-hydrogen) atoms. The zero-order valence-electron chi connectivity index (χ0n) is 23.9. The molecular weight excluding hydrogens is 466 g/mol. The van der Waals surface area contributed by atoms with Crippen molar-refractivity contribution >= 4 is 23.6 Å². The van der Waals surface area contributed by atoms with Crippen LogP contribution in [0.5, 0.6) is 0 Å². The molecule has 0 fully saturated rings. The lowest BCUT2D eigenvalue weighted by molar-refractivity contribution is -0.147. The van der Waals surface area contributed by atoms with Crippen LogP contribution in [0.1, 0.15) is 78.1 Å². The lowest BCUT2D eigenvalue weighted by Crippen LogP contribution is -2.59. The summed E-state index contributed by atoms with van der Waals surface area (Å²) in [6.07, 6.45) is -0.676. The Balaban J connectivity index is 2.59. The van der Waals surface area contributed by atoms with Crippen molar-refractivity contribution in [1.82, 2.24) is 10.2 Å². The van der Waals surface area contributed by atoms with E-state index in [1.54, 1.807) is 25.7 Å². The van der Waals surface area contributed by atoms with E-state index in [1.807, 2.05) is 97.0 Å². The second kappa shape index (κ2) is 11.8. The Morgan fingerprint density at radius 1 is 0.892 bits per heavy atom. The number of amides is 3. The molecule has 2 atom stereocenters. The van der Waals surface area contributed by atoms with Gasteiger partial charge in [0.05, 0.1) is 0 Å². The fraction of sp³-hybridized carbons (Fsp3) is 0.500. The second-order valence-corrected chi connectivity index (χ2v) is 11.9. The van der Waals surface area contributed by atoms with Crippen LogP contribution >= 0.6 is 0 Å². The summed E-state index contributed by atoms with van der Waals surface area (Å²) in [5, 5.41) is 5.79. The Kier molecular flexibility index (Phi) is 9.53. The molecule has 0 spiro atoms. The first-order valence-electron chi connectivity index (χ1n) is 12.8. The molecule has 0 aliphatic heterocycles. The quantitative estimate of drug-likeness (QED) is 0.468. The van der Waals surface area contributed by atoms with Crippen LogP contribution in [0.3, 0.4) is 0 Å². The van der Waals surface area contributed by atoms with Crippen molar-refractivity contribution in [2.75, 3.05) is 5.32 Å². The minimum absolute atomic E-state index is 0.248. The van der Waals surface area contributed by atoms with Crippen molar-refractivity contribution in [3.05, 3.63) is 65.2 Å². The van der Waals surface area contributed by atoms with Gasteiger partial charge >= 0.3 is 6.09 Å². The molecule has 7 heteroatoms. The summed E-state index contributed by atoms with van der Waals surface area (Å²) in [7, 11) is 0. The van der Waals surface area contributed by atoms with Gasteiger partial charge in [0.25, 0.3) is 5.91 Å². The smallest absolute Gasteiger partial charge is 0.408 e. The standard InChI is InChI=1S/C30H43N3O4/c1-19(2)24(32-28(36)37-30(8,9)10)27(35)33(29(5,6)7)25(22-16-13-14-20(3)18-22)26(34)31-23-17-12-11-15-21(23)4/h11-19,24-25H,1-10H3,(H,31,34)(H,32,36). The molecule has 3 amide bonds. The van der Waals surface area contributed by atoms with Crippen molar-refractivity contribution in [2.24, 2.45) is 5.92 Å². The van der Waals surface area contributed by atoms with E-state index in [9.17, 15) is 14.4 Å². The van der Waals surface area contributed by atoms with Crippen molar-refractivity contribution in [2.45, 2.75) is 92.5 Å². The van der Waals surface area contributed by atoms with Crippen LogP contribution in [-0.4, -0.2) is 40.0 Å². The third-order valence-corrected chi connectivity index (χ3v) is 5.83. The fourth-order valence-electron chi connectivity index (χ4n) is 4.12. The van der Waals surface area contributed by atoms with E-state index in [1.165, 1.54) is 0 Å². The van der Waals surface area contributed by atoms with Crippen LogP contribution in [0.2, 0.25) is 0 Å². The van der Waals surface area contributed by atoms with E-state index in [2.05, 4.69) is 10.6 Å². The highest BCUT2D eigenvalue weighted by molar-refractivity contribution is 5.99. The lowest BCUT2D eigenvalue weighted by Gasteiger charge is -2.43. The maximum atomic E-state index is 14.2. The highest BCUT2D eigenvalue weighted by Gasteiger charge is 2.42. The largest absolute Gasteiger partial charge is 0.444 e. The Morgan fingerprint density at radius 3 is 2.03 bits per heavy atom. The van der Waals surface area contributed by atoms with Crippen molar-refractivity contribution in [1.29, 1.82) is 0 Å². The number of alkyl carbamates (subject to hydrolysis) is 1. The van der Waals surface area contributed by atoms with Gasteiger partial charge in [-0.15, -0.1) is 0 Å². The predicted octanol–water partition coefficient (Wildman–Crippen LogP) is 6.16. The van der Waals surface area contributed by atoms with E-state index >= 15 is 0 Å². The summed E-state index contributed by atoms with van der Waals surface area (Å²) in [5.41, 5.74) is 1.79. The number of aryl methyl sites for hydroxylation is 2. The van der Waals surface area contributed by atoms with Crippen molar-refractivity contribution < 1.29 is 19.1 Å². The summed E-state index contributed by atoms with van der Waals surface area (Å²) in [5.74, 6) is -0.940. The van der Waals surface area contributed by atoms with Crippen LogP contribution in [-0.2, 0) is 14.3 Å². The number of nitrogens with zero attached hydrogens (tertiary/aromatic N) is 1. The van der Waals surface area contributed by atoms with Crippen LogP contribution in [0.25, 0.3) is 0 Å². The van der Waals surface area contributed by atoms with Crippen LogP contribution in [0, 0.1) is 19.8 Å². The highest BCUT2D eigenvalue weighted by atomic mass is 16.6. The summed E-state index contributed by atoms with van der Waals surface area (Å²) in [6, 6.07) is 13.3. The van der Waals surface area contributed by atoms with Gasteiger partial charge in [-0.1, -0.05) is 61.9 Å². The van der Waals surface area contributed by atoms with Gasteiger partial charge in [0, 0.05) is 11.2 Å². The molecule has 202 valence electrons. The second-order valence-electron chi connectivity index (χ2n) is 11.9. The molecule has 0 aromatic heterocycles. The Hall–Kier alpha value is -3.35. The Morgan fingerprint density at radius 2 is 1.51 bits per heavy atom. The Bertz CT molecular complexity index is 1110. The average Bonchev–Trinajstić information content (AvgIpc) is 2.74. The maximum absolute atomic E-state index is 14.2. The number of nitrogens with one attached hydrogen (secondary N) is 2. The minimum atomic E-state index is -0.936. The first-order valence-corrected chi connectivity index (χ1v) is 12.8. The van der Waals surface area contributed by atoms with Gasteiger partial charge in [-0.3, -0.25) is 9.59 Å². The van der Waals surface area contributed by atoms with E-state index in [0.29, 0.717) is 11.3 Å². The third kappa shape index (κ3) is 8.34. The summed E-state index contributed by atoms with van der Waals surface area (Å²) >= 11 is 0. The molecule has 2 N–H and O–H groups in total. The van der Waals surface area contributed by atoms with Gasteiger partial charge in [0.15, 0.2) is 0 Å². The summed E-state index contributed by atoms with van der Waals surface area (Å²) in [4.78, 5) is 42.4. The van der Waals surface area contributed by atoms with Gasteiger partial charge in [-0.2, -0.15) is 0 Å². The van der Waals surface area contributed by atoms with Gasteiger partial charge in [0.2, 0.25) is 5.91 Å². The molecule has 2 aromatic carbocycles. The van der Waals surface area contributed by atoms with Crippen LogP contribution < -0.4 is 10.6 Å². The lowest BCUT2D eigenvalue weighted by atomic mass is 9.92. The summed E-state index contributed by atoms with van der Waals surface area (Å²) < 4.78 is 5.43. The van der Waals surface area contributed by atoms with Gasteiger partial charge in [-0.05, 0) is 78.5 Å². The number of rotatable bonds is 7. The van der Waals surface area contributed by atoms with E-state index in [0.717, 1.165) is 11.1 Å². The van der Waals surface area contributed by atoms with E-state index < -0.39 is 29.3 Å². The molecule has 0 saturated heterocycles. The fourth-order valence-corrected chi connectivity index (χ4v) is 4.12. The van der Waals surface area contributed by atoms with Crippen LogP contribution in [0.4, 0.5) is 10.5 Å². The molecule has 0 bridgehead atoms. The number of benzene rings is 2. The predicted molar refractivity (Wildman–Crippen MR) is 148 cm³/mol. The van der Waals surface area contributed by atoms with Gasteiger partial charge < -0.3 is 20.3 Å². The highest BCUT2D eigenvalue weighted by Crippen LogP contribution is 2.32. The van der Waals surface area contributed by atoms with E-state index in [4.69, 9.17) is 4.74 Å². The molecule has 2 unspecified atom stereocenters. The molecule has 0 heterocycles. The molecule has 0 saturated carbocycles. The zero-order valence-corrected chi connectivity index (χ0v) is 23.9. The Labute approximate surface area is 222 Å². The minimum Gasteiger partial charge on any atom is -0.444 e. The number of carbonyl (C=O) groups excluding carboxylic acids is 3. The number of carbonyl (C=O) groups is 3. The molecule has 0 radical (unpaired) electrons. The molecule has 2 aromatic rings. The topological polar surface area (TPSA) is 87.7 Å². The monoisotopic (exact) mass is 509 g/mol. The maximum Gasteiger partial charge on any atom is 0.408 e. The van der Waals surface area contributed by atoms with Crippen molar-refractivity contribution in [3.8, 4) is 0 Å². The number of ether oxygens (including phenoxy) is 1. The molecule has 7 nitrogen and oxygen atoms in total. The molecule has 0 aliphatic carbocycles. The van der Waals surface area contributed by atoms with E-state index in [-0.39, 0.29) is 17.7 Å². The molecule has 0 aliphatic rings. The molecular formula is C30H43N3O4. The SMILES string of the molecule is Cc1cccc(C(C(=O)Nc2ccccc2C)N(C(=O)C(NC(=O)OC(C)(C)C)C(C)C)C(C)(C)C)c1. The first kappa shape index (κ1) is 29.9. The number of para-hydroxylation sites is 1. The van der Waals surface area contributed by atoms with Gasteiger partial charge in [0.1, 0.15) is 17.7 Å². The molecule has 2 rings (SSSR count). The summed E-state index contributed by atoms with van der Waals surface area (Å²) in [6.45, 7) is 18.6. The van der Waals surface area contributed by atoms with Gasteiger partial charge in [-0.25, -0.2) is 4.79 Å². The number of anilines is 1. The zero-order chi connectivity index (χ0) is 28.1. The van der Waals surface area contributed by atoms with Crippen LogP contribution in [0.15, 0.2) is 48.5 Å². The third-order valence-electron chi connectivity index (χ3n) is 5.83. The number of hydrogen-bond acceptors (Lipinski definition) is 4. The normalized spacial score (nSPS) is 13.5. The first-order chi connectivity index (χ1) is 17.0. The average molecular weight is 510 g/mol.